The predicted octanol–water partition coefficient (Wildman–Crippen LogP) is 2.15. The van der Waals surface area contributed by atoms with Crippen LogP contribution >= 0.6 is 0 Å². The molecule has 1 aliphatic rings. The van der Waals surface area contributed by atoms with Gasteiger partial charge in [-0.05, 0) is 30.4 Å². The molecule has 1 aromatic rings. The molecule has 15 heavy (non-hydrogen) atoms. The van der Waals surface area contributed by atoms with E-state index in [1.165, 1.54) is 6.42 Å². The van der Waals surface area contributed by atoms with Crippen LogP contribution in [-0.2, 0) is 0 Å². The summed E-state index contributed by atoms with van der Waals surface area (Å²) in [6.45, 7) is 6.74. The number of nitrogen functional groups attached to an aromatic ring is 1. The smallest absolute Gasteiger partial charge is 0.151 e. The van der Waals surface area contributed by atoms with Gasteiger partial charge in [0.2, 0.25) is 0 Å². The minimum Gasteiger partial charge on any atom is -0.396 e. The number of rotatable bonds is 1. The minimum absolute atomic E-state index is 0.732. The number of anilines is 2. The second-order valence-corrected chi connectivity index (χ2v) is 4.77. The Bertz CT molecular complexity index is 327. The lowest BCUT2D eigenvalue weighted by atomic mass is 9.92. The molecule has 2 atom stereocenters. The third-order valence-corrected chi connectivity index (χ3v) is 2.99. The van der Waals surface area contributed by atoms with Crippen LogP contribution in [-0.4, -0.2) is 18.1 Å². The summed E-state index contributed by atoms with van der Waals surface area (Å²) in [6.07, 6.45) is 3.12. The maximum atomic E-state index is 5.94. The van der Waals surface area contributed by atoms with Crippen LogP contribution < -0.4 is 10.6 Å². The highest BCUT2D eigenvalue weighted by molar-refractivity contribution is 5.62. The van der Waals surface area contributed by atoms with Crippen molar-refractivity contribution >= 4 is 11.5 Å². The van der Waals surface area contributed by atoms with Crippen molar-refractivity contribution in [2.45, 2.75) is 20.3 Å². The first-order valence-electron chi connectivity index (χ1n) is 5.62. The van der Waals surface area contributed by atoms with Crippen molar-refractivity contribution in [2.24, 2.45) is 11.8 Å². The topological polar surface area (TPSA) is 42.2 Å². The molecule has 2 heterocycles. The Hall–Kier alpha value is -1.25. The number of aromatic nitrogens is 1. The van der Waals surface area contributed by atoms with Crippen molar-refractivity contribution in [2.75, 3.05) is 23.7 Å². The van der Waals surface area contributed by atoms with Crippen LogP contribution in [0.2, 0.25) is 0 Å². The zero-order valence-electron chi connectivity index (χ0n) is 9.48. The van der Waals surface area contributed by atoms with Crippen LogP contribution in [0.3, 0.4) is 0 Å². The van der Waals surface area contributed by atoms with Crippen LogP contribution in [0.15, 0.2) is 18.3 Å². The highest BCUT2D eigenvalue weighted by Gasteiger charge is 2.23. The van der Waals surface area contributed by atoms with Gasteiger partial charge in [0.05, 0.1) is 5.69 Å². The van der Waals surface area contributed by atoms with E-state index in [0.29, 0.717) is 0 Å². The second kappa shape index (κ2) is 4.09. The quantitative estimate of drug-likeness (QED) is 0.763. The first kappa shape index (κ1) is 10.3. The van der Waals surface area contributed by atoms with Gasteiger partial charge in [0, 0.05) is 19.3 Å². The first-order chi connectivity index (χ1) is 7.16. The van der Waals surface area contributed by atoms with E-state index in [1.54, 1.807) is 0 Å². The summed E-state index contributed by atoms with van der Waals surface area (Å²) >= 11 is 0. The van der Waals surface area contributed by atoms with Gasteiger partial charge >= 0.3 is 0 Å². The first-order valence-corrected chi connectivity index (χ1v) is 5.62. The molecule has 0 spiro atoms. The van der Waals surface area contributed by atoms with Gasteiger partial charge in [-0.15, -0.1) is 0 Å². The molecule has 0 unspecified atom stereocenters. The van der Waals surface area contributed by atoms with Crippen molar-refractivity contribution in [3.63, 3.8) is 0 Å². The summed E-state index contributed by atoms with van der Waals surface area (Å²) in [5, 5.41) is 0. The Morgan fingerprint density at radius 1 is 1.33 bits per heavy atom. The monoisotopic (exact) mass is 205 g/mol. The molecule has 0 saturated carbocycles. The van der Waals surface area contributed by atoms with Gasteiger partial charge < -0.3 is 10.6 Å². The van der Waals surface area contributed by atoms with Crippen LogP contribution in [0.5, 0.6) is 0 Å². The lowest BCUT2D eigenvalue weighted by Crippen LogP contribution is -2.39. The average molecular weight is 205 g/mol. The number of hydrogen-bond acceptors (Lipinski definition) is 3. The van der Waals surface area contributed by atoms with Crippen molar-refractivity contribution < 1.29 is 0 Å². The van der Waals surface area contributed by atoms with Crippen LogP contribution in [0.1, 0.15) is 20.3 Å². The highest BCUT2D eigenvalue weighted by Crippen LogP contribution is 2.27. The lowest BCUT2D eigenvalue weighted by molar-refractivity contribution is 0.355. The van der Waals surface area contributed by atoms with Gasteiger partial charge in [-0.1, -0.05) is 13.8 Å². The van der Waals surface area contributed by atoms with Crippen molar-refractivity contribution in [3.8, 4) is 0 Å². The maximum absolute atomic E-state index is 5.94. The molecule has 1 fully saturated rings. The van der Waals surface area contributed by atoms with Crippen molar-refractivity contribution in [1.29, 1.82) is 0 Å². The summed E-state index contributed by atoms with van der Waals surface area (Å²) < 4.78 is 0. The normalized spacial score (nSPS) is 26.7. The predicted molar refractivity (Wildman–Crippen MR) is 63.8 cm³/mol. The molecule has 1 saturated heterocycles. The van der Waals surface area contributed by atoms with E-state index in [1.807, 2.05) is 18.3 Å². The fraction of sp³-hybridized carbons (Fsp3) is 0.583. The van der Waals surface area contributed by atoms with E-state index >= 15 is 0 Å². The maximum Gasteiger partial charge on any atom is 0.151 e. The molecule has 3 nitrogen and oxygen atoms in total. The Morgan fingerprint density at radius 2 is 2.00 bits per heavy atom. The van der Waals surface area contributed by atoms with E-state index in [4.69, 9.17) is 5.73 Å². The van der Waals surface area contributed by atoms with Crippen molar-refractivity contribution in [1.82, 2.24) is 4.98 Å². The average Bonchev–Trinajstić information content (AvgIpc) is 2.16. The van der Waals surface area contributed by atoms with Crippen LogP contribution in [0, 0.1) is 11.8 Å². The number of hydrogen-bond donors (Lipinski definition) is 1. The summed E-state index contributed by atoms with van der Waals surface area (Å²) in [5.41, 5.74) is 6.73. The fourth-order valence-corrected chi connectivity index (χ4v) is 2.51. The molecule has 2 N–H and O–H groups in total. The fourth-order valence-electron chi connectivity index (χ4n) is 2.51. The Kier molecular flexibility index (Phi) is 2.80. The SMILES string of the molecule is C[C@@H]1C[C@H](C)CN(c2ncccc2N)C1. The molecule has 2 rings (SSSR count). The number of pyridine rings is 1. The molecule has 1 aliphatic heterocycles. The number of piperidine rings is 1. The van der Waals surface area contributed by atoms with Gasteiger partial charge in [0.1, 0.15) is 0 Å². The summed E-state index contributed by atoms with van der Waals surface area (Å²) in [4.78, 5) is 6.69. The van der Waals surface area contributed by atoms with Gasteiger partial charge in [-0.2, -0.15) is 0 Å². The lowest BCUT2D eigenvalue weighted by Gasteiger charge is -2.36. The minimum atomic E-state index is 0.732. The Labute approximate surface area is 91.3 Å². The zero-order valence-corrected chi connectivity index (χ0v) is 9.48. The third kappa shape index (κ3) is 2.22. The third-order valence-electron chi connectivity index (χ3n) is 2.99. The van der Waals surface area contributed by atoms with E-state index in [-0.39, 0.29) is 0 Å². The Morgan fingerprint density at radius 3 is 2.60 bits per heavy atom. The standard InChI is InChI=1S/C12H19N3/c1-9-6-10(2)8-15(7-9)12-11(13)4-3-5-14-12/h3-5,9-10H,6-8,13H2,1-2H3/t9-,10+. The highest BCUT2D eigenvalue weighted by atomic mass is 15.2. The van der Waals surface area contributed by atoms with Crippen LogP contribution in [0.4, 0.5) is 11.5 Å². The molecule has 0 radical (unpaired) electrons. The van der Waals surface area contributed by atoms with Gasteiger partial charge in [0.15, 0.2) is 5.82 Å². The molecule has 82 valence electrons. The summed E-state index contributed by atoms with van der Waals surface area (Å²) in [6, 6.07) is 3.81. The van der Waals surface area contributed by atoms with E-state index in [2.05, 4.69) is 23.7 Å². The molecule has 3 heteroatoms. The summed E-state index contributed by atoms with van der Waals surface area (Å²) in [7, 11) is 0. The number of nitrogens with zero attached hydrogens (tertiary/aromatic N) is 2. The van der Waals surface area contributed by atoms with Gasteiger partial charge in [-0.25, -0.2) is 4.98 Å². The molecule has 0 amide bonds. The van der Waals surface area contributed by atoms with Crippen LogP contribution in [0.25, 0.3) is 0 Å². The molecular formula is C12H19N3. The molecule has 0 aliphatic carbocycles. The van der Waals surface area contributed by atoms with E-state index < -0.39 is 0 Å². The molecular weight excluding hydrogens is 186 g/mol. The second-order valence-electron chi connectivity index (χ2n) is 4.77. The largest absolute Gasteiger partial charge is 0.396 e. The molecule has 0 aromatic carbocycles. The van der Waals surface area contributed by atoms with E-state index in [9.17, 15) is 0 Å². The zero-order chi connectivity index (χ0) is 10.8. The van der Waals surface area contributed by atoms with Crippen molar-refractivity contribution in [3.05, 3.63) is 18.3 Å². The van der Waals surface area contributed by atoms with Gasteiger partial charge in [-0.3, -0.25) is 0 Å². The number of nitrogens with two attached hydrogens (primary N) is 1. The summed E-state index contributed by atoms with van der Waals surface area (Å²) in [5.74, 6) is 2.42. The molecule has 1 aromatic heterocycles. The van der Waals surface area contributed by atoms with E-state index in [0.717, 1.165) is 36.4 Å². The van der Waals surface area contributed by atoms with Gasteiger partial charge in [0.25, 0.3) is 0 Å². The molecule has 0 bridgehead atoms. The Balaban J connectivity index is 2.20.